The molecule has 0 amide bonds. The molecule has 7 rings (SSSR count). The highest BCUT2D eigenvalue weighted by Crippen LogP contribution is 2.34. The largest absolute Gasteiger partial charge is 0.324 e. The average Bonchev–Trinajstić information content (AvgIpc) is 3.81. The van der Waals surface area contributed by atoms with E-state index in [1.807, 2.05) is 12.1 Å². The number of benzene rings is 2. The van der Waals surface area contributed by atoms with Crippen LogP contribution in [-0.2, 0) is 10.0 Å². The molecule has 1 N–H and O–H groups in total. The molecule has 12 heteroatoms. The van der Waals surface area contributed by atoms with Gasteiger partial charge in [0, 0.05) is 41.2 Å². The van der Waals surface area contributed by atoms with Crippen molar-refractivity contribution in [2.24, 2.45) is 0 Å². The molecule has 1 aliphatic carbocycles. The Kier molecular flexibility index (Phi) is 6.63. The predicted octanol–water partition coefficient (Wildman–Crippen LogP) is 5.74. The summed E-state index contributed by atoms with van der Waals surface area (Å²) in [6.07, 6.45) is 10.9. The molecule has 0 saturated heterocycles. The third-order valence-electron chi connectivity index (χ3n) is 7.49. The van der Waals surface area contributed by atoms with Crippen molar-refractivity contribution in [3.63, 3.8) is 0 Å². The zero-order chi connectivity index (χ0) is 28.7. The number of thiazole rings is 1. The number of rotatable bonds is 7. The Morgan fingerprint density at radius 3 is 2.45 bits per heavy atom. The van der Waals surface area contributed by atoms with Crippen molar-refractivity contribution >= 4 is 44.0 Å². The van der Waals surface area contributed by atoms with Gasteiger partial charge in [-0.2, -0.15) is 4.98 Å². The first-order valence-corrected chi connectivity index (χ1v) is 15.8. The summed E-state index contributed by atoms with van der Waals surface area (Å²) in [5, 5.41) is 5.91. The lowest BCUT2D eigenvalue weighted by Crippen LogP contribution is -2.24. The molecule has 4 heterocycles. The lowest BCUT2D eigenvalue weighted by molar-refractivity contribution is 0.588. The van der Waals surface area contributed by atoms with Crippen molar-refractivity contribution in [2.75, 3.05) is 5.32 Å². The van der Waals surface area contributed by atoms with Gasteiger partial charge in [0.05, 0.1) is 10.5 Å². The Morgan fingerprint density at radius 2 is 1.71 bits per heavy atom. The number of nitrogens with zero attached hydrogens (tertiary/aromatic N) is 6. The van der Waals surface area contributed by atoms with Crippen molar-refractivity contribution in [2.45, 2.75) is 36.5 Å². The van der Waals surface area contributed by atoms with E-state index in [1.54, 1.807) is 42.0 Å². The highest BCUT2D eigenvalue weighted by Gasteiger charge is 2.25. The second-order valence-corrected chi connectivity index (χ2v) is 12.8. The number of nitrogens with one attached hydrogen (secondary N) is 1. The molecule has 0 radical (unpaired) electrons. The first-order chi connectivity index (χ1) is 20.5. The van der Waals surface area contributed by atoms with Gasteiger partial charge in [0.2, 0.25) is 5.95 Å². The van der Waals surface area contributed by atoms with E-state index in [9.17, 15) is 13.2 Å². The van der Waals surface area contributed by atoms with Crippen LogP contribution in [0.3, 0.4) is 0 Å². The molecular weight excluding hydrogens is 571 g/mol. The quantitative estimate of drug-likeness (QED) is 0.248. The SMILES string of the molecule is O=c1c(-c2nccn2S(=O)(=O)c2ccccc2)cc2cnc(Nc3ccc(C4CCCC4)cc3)nc2n1-c1nccs1. The van der Waals surface area contributed by atoms with Crippen LogP contribution in [0.2, 0.25) is 0 Å². The first-order valence-electron chi connectivity index (χ1n) is 13.5. The number of imidazole rings is 1. The van der Waals surface area contributed by atoms with Gasteiger partial charge in [-0.3, -0.25) is 4.79 Å². The third kappa shape index (κ3) is 4.68. The lowest BCUT2D eigenvalue weighted by Gasteiger charge is -2.13. The van der Waals surface area contributed by atoms with E-state index in [0.29, 0.717) is 28.0 Å². The Labute approximate surface area is 245 Å². The molecule has 10 nitrogen and oxygen atoms in total. The molecule has 1 saturated carbocycles. The number of hydrogen-bond acceptors (Lipinski definition) is 9. The topological polar surface area (TPSA) is 125 Å². The van der Waals surface area contributed by atoms with Gasteiger partial charge in [0.15, 0.2) is 16.6 Å². The summed E-state index contributed by atoms with van der Waals surface area (Å²) < 4.78 is 29.3. The molecule has 1 aliphatic rings. The van der Waals surface area contributed by atoms with Gasteiger partial charge in [0.25, 0.3) is 15.6 Å². The van der Waals surface area contributed by atoms with E-state index in [1.165, 1.54) is 71.7 Å². The summed E-state index contributed by atoms with van der Waals surface area (Å²) in [5.41, 5.74) is 2.09. The second-order valence-electron chi connectivity index (χ2n) is 10.1. The molecular formula is C30H25N7O3S2. The normalized spacial score (nSPS) is 14.0. The van der Waals surface area contributed by atoms with Crippen LogP contribution in [0.5, 0.6) is 0 Å². The fraction of sp³-hybridized carbons (Fsp3) is 0.167. The van der Waals surface area contributed by atoms with Crippen LogP contribution in [0.25, 0.3) is 27.6 Å². The number of hydrogen-bond donors (Lipinski definition) is 1. The first kappa shape index (κ1) is 26.2. The molecule has 42 heavy (non-hydrogen) atoms. The van der Waals surface area contributed by atoms with Crippen molar-refractivity contribution in [3.8, 4) is 16.5 Å². The highest BCUT2D eigenvalue weighted by molar-refractivity contribution is 7.90. The summed E-state index contributed by atoms with van der Waals surface area (Å²) in [4.78, 5) is 31.9. The maximum Gasteiger partial charge on any atom is 0.269 e. The van der Waals surface area contributed by atoms with Crippen LogP contribution < -0.4 is 10.9 Å². The van der Waals surface area contributed by atoms with E-state index < -0.39 is 15.6 Å². The highest BCUT2D eigenvalue weighted by atomic mass is 32.2. The van der Waals surface area contributed by atoms with Crippen molar-refractivity contribution in [1.82, 2.24) is 28.5 Å². The molecule has 2 aromatic carbocycles. The molecule has 1 fully saturated rings. The van der Waals surface area contributed by atoms with Gasteiger partial charge in [-0.25, -0.2) is 31.9 Å². The van der Waals surface area contributed by atoms with E-state index in [4.69, 9.17) is 4.98 Å². The van der Waals surface area contributed by atoms with Gasteiger partial charge in [-0.1, -0.05) is 43.2 Å². The van der Waals surface area contributed by atoms with Crippen LogP contribution in [0.1, 0.15) is 37.2 Å². The number of fused-ring (bicyclic) bond motifs is 1. The van der Waals surface area contributed by atoms with Crippen LogP contribution in [-0.4, -0.2) is 36.9 Å². The molecule has 0 spiro atoms. The van der Waals surface area contributed by atoms with Crippen LogP contribution in [0, 0.1) is 0 Å². The Balaban J connectivity index is 1.32. The van der Waals surface area contributed by atoms with E-state index in [0.717, 1.165) is 9.66 Å². The molecule has 0 bridgehead atoms. The van der Waals surface area contributed by atoms with E-state index >= 15 is 0 Å². The summed E-state index contributed by atoms with van der Waals surface area (Å²) in [5.74, 6) is 0.929. The van der Waals surface area contributed by atoms with Crippen molar-refractivity contribution < 1.29 is 8.42 Å². The van der Waals surface area contributed by atoms with Crippen LogP contribution >= 0.6 is 11.3 Å². The standard InChI is InChI=1S/C30H25N7O3S2/c38-28-25(27-31-14-16-36(27)42(39,40)24-8-2-1-3-9-24)18-22-19-33-29(35-26(22)37(28)30-32-15-17-41-30)34-23-12-10-21(11-13-23)20-6-4-5-7-20/h1-3,8-20H,4-7H2,(H,33,34,35). The Bertz CT molecular complexity index is 2050. The maximum atomic E-state index is 14.0. The molecule has 0 aliphatic heterocycles. The minimum Gasteiger partial charge on any atom is -0.324 e. The molecule has 0 atom stereocenters. The lowest BCUT2D eigenvalue weighted by atomic mass is 9.98. The van der Waals surface area contributed by atoms with Crippen molar-refractivity contribution in [3.05, 3.63) is 107 Å². The fourth-order valence-electron chi connectivity index (χ4n) is 5.43. The number of anilines is 2. The summed E-state index contributed by atoms with van der Waals surface area (Å²) in [6, 6.07) is 17.9. The maximum absolute atomic E-state index is 14.0. The Morgan fingerprint density at radius 1 is 0.929 bits per heavy atom. The van der Waals surface area contributed by atoms with E-state index in [2.05, 4.69) is 32.4 Å². The zero-order valence-electron chi connectivity index (χ0n) is 22.3. The monoisotopic (exact) mass is 595 g/mol. The van der Waals surface area contributed by atoms with Crippen molar-refractivity contribution in [1.29, 1.82) is 0 Å². The number of aromatic nitrogens is 6. The second kappa shape index (κ2) is 10.6. The van der Waals surface area contributed by atoms with Gasteiger partial charge in [0.1, 0.15) is 0 Å². The smallest absolute Gasteiger partial charge is 0.269 e. The van der Waals surface area contributed by atoms with Gasteiger partial charge >= 0.3 is 0 Å². The summed E-state index contributed by atoms with van der Waals surface area (Å²) in [7, 11) is -4.01. The zero-order valence-corrected chi connectivity index (χ0v) is 23.9. The minimum atomic E-state index is -4.01. The van der Waals surface area contributed by atoms with Gasteiger partial charge in [-0.05, 0) is 54.7 Å². The van der Waals surface area contributed by atoms with Crippen LogP contribution in [0.15, 0.2) is 101 Å². The average molecular weight is 596 g/mol. The Hall–Kier alpha value is -4.68. The van der Waals surface area contributed by atoms with E-state index in [-0.39, 0.29) is 16.3 Å². The summed E-state index contributed by atoms with van der Waals surface area (Å²) in [6.45, 7) is 0. The predicted molar refractivity (Wildman–Crippen MR) is 162 cm³/mol. The minimum absolute atomic E-state index is 0.0133. The molecule has 4 aromatic heterocycles. The third-order valence-corrected chi connectivity index (χ3v) is 9.93. The van der Waals surface area contributed by atoms with Gasteiger partial charge < -0.3 is 5.32 Å². The molecule has 210 valence electrons. The molecule has 6 aromatic rings. The van der Waals surface area contributed by atoms with Gasteiger partial charge in [-0.15, -0.1) is 11.3 Å². The fourth-order valence-corrected chi connectivity index (χ4v) is 7.38. The number of pyridine rings is 1. The van der Waals surface area contributed by atoms with Crippen LogP contribution in [0.4, 0.5) is 11.6 Å². The molecule has 0 unspecified atom stereocenters. The summed E-state index contributed by atoms with van der Waals surface area (Å²) >= 11 is 1.27.